The predicted octanol–water partition coefficient (Wildman–Crippen LogP) is 2.57. The molecule has 0 saturated carbocycles. The molecular formula is C21H25FN4O2. The van der Waals surface area contributed by atoms with Gasteiger partial charge in [0.25, 0.3) is 5.91 Å². The van der Waals surface area contributed by atoms with Gasteiger partial charge in [-0.1, -0.05) is 18.2 Å². The van der Waals surface area contributed by atoms with Crippen LogP contribution in [0.2, 0.25) is 0 Å². The van der Waals surface area contributed by atoms with Crippen LogP contribution in [0.25, 0.3) is 0 Å². The summed E-state index contributed by atoms with van der Waals surface area (Å²) in [6, 6.07) is 11.7. The number of likely N-dealkylation sites (N-methyl/N-ethyl adjacent to an activating group) is 1. The highest BCUT2D eigenvalue weighted by Crippen LogP contribution is 2.13. The molecule has 6 nitrogen and oxygen atoms in total. The Kier molecular flexibility index (Phi) is 6.57. The summed E-state index contributed by atoms with van der Waals surface area (Å²) in [5.41, 5.74) is 0.909. The van der Waals surface area contributed by atoms with Gasteiger partial charge in [-0.3, -0.25) is 9.59 Å². The molecule has 1 N–H and O–H groups in total. The number of aryl methyl sites for hydroxylation is 1. The van der Waals surface area contributed by atoms with Gasteiger partial charge in [0.15, 0.2) is 0 Å². The number of amides is 2. The van der Waals surface area contributed by atoms with Crippen molar-refractivity contribution in [3.8, 4) is 0 Å². The van der Waals surface area contributed by atoms with Gasteiger partial charge in [0.05, 0.1) is 5.56 Å². The number of anilines is 1. The normalized spacial score (nSPS) is 16.3. The molecule has 0 spiro atoms. The van der Waals surface area contributed by atoms with E-state index >= 15 is 0 Å². The van der Waals surface area contributed by atoms with Crippen molar-refractivity contribution in [2.45, 2.75) is 19.3 Å². The molecule has 2 amide bonds. The lowest BCUT2D eigenvalue weighted by atomic mass is 10.1. The molecular weight excluding hydrogens is 359 g/mol. The van der Waals surface area contributed by atoms with E-state index in [1.165, 1.54) is 17.0 Å². The standard InChI is InChI=1S/C21H25FN4O2/c1-25-13-6-12-23-19-11-4-7-16(24-19)8-5-14-26(15-20(25)27)21(28)17-9-2-3-10-18(17)22/h2-4,7,9-11H,5-6,8,12-15H2,1H3,(H,23,24). The number of rotatable bonds is 1. The molecule has 0 fully saturated rings. The minimum atomic E-state index is -0.576. The van der Waals surface area contributed by atoms with Crippen LogP contribution < -0.4 is 5.32 Å². The van der Waals surface area contributed by atoms with Gasteiger partial charge in [-0.15, -0.1) is 0 Å². The third-order valence-electron chi connectivity index (χ3n) is 4.79. The van der Waals surface area contributed by atoms with Gasteiger partial charge in [-0.2, -0.15) is 0 Å². The Balaban J connectivity index is 1.80. The van der Waals surface area contributed by atoms with Crippen LogP contribution in [0.1, 0.15) is 28.9 Å². The fraction of sp³-hybridized carbons (Fsp3) is 0.381. The van der Waals surface area contributed by atoms with Crippen molar-refractivity contribution in [1.29, 1.82) is 0 Å². The molecule has 0 unspecified atom stereocenters. The molecule has 7 heteroatoms. The number of aromatic nitrogens is 1. The average Bonchev–Trinajstić information content (AvgIpc) is 2.70. The minimum Gasteiger partial charge on any atom is -0.370 e. The predicted molar refractivity (Wildman–Crippen MR) is 106 cm³/mol. The molecule has 2 heterocycles. The van der Waals surface area contributed by atoms with Crippen molar-refractivity contribution in [3.63, 3.8) is 0 Å². The zero-order chi connectivity index (χ0) is 19.9. The van der Waals surface area contributed by atoms with Crippen LogP contribution in [0.5, 0.6) is 0 Å². The largest absolute Gasteiger partial charge is 0.370 e. The Labute approximate surface area is 164 Å². The summed E-state index contributed by atoms with van der Waals surface area (Å²) in [4.78, 5) is 33.1. The van der Waals surface area contributed by atoms with E-state index in [9.17, 15) is 14.0 Å². The maximum absolute atomic E-state index is 14.1. The number of halogens is 1. The molecule has 1 aromatic heterocycles. The highest BCUT2D eigenvalue weighted by atomic mass is 19.1. The topological polar surface area (TPSA) is 65.5 Å². The van der Waals surface area contributed by atoms with Gasteiger partial charge in [0.1, 0.15) is 18.2 Å². The first-order chi connectivity index (χ1) is 13.5. The third kappa shape index (κ3) is 5.06. The smallest absolute Gasteiger partial charge is 0.257 e. The van der Waals surface area contributed by atoms with E-state index in [2.05, 4.69) is 10.3 Å². The molecule has 0 radical (unpaired) electrons. The van der Waals surface area contributed by atoms with Crippen molar-refractivity contribution in [1.82, 2.24) is 14.8 Å². The molecule has 0 saturated heterocycles. The van der Waals surface area contributed by atoms with Gasteiger partial charge in [-0.25, -0.2) is 9.37 Å². The molecule has 148 valence electrons. The summed E-state index contributed by atoms with van der Waals surface area (Å²) in [6.07, 6.45) is 2.06. The lowest BCUT2D eigenvalue weighted by Gasteiger charge is -2.26. The van der Waals surface area contributed by atoms with Crippen molar-refractivity contribution in [2.24, 2.45) is 0 Å². The fourth-order valence-corrected chi connectivity index (χ4v) is 3.17. The maximum Gasteiger partial charge on any atom is 0.257 e. The highest BCUT2D eigenvalue weighted by Gasteiger charge is 2.23. The quantitative estimate of drug-likeness (QED) is 0.821. The minimum absolute atomic E-state index is 0.0107. The number of carbonyl (C=O) groups is 2. The molecule has 2 aromatic rings. The number of fused-ring (bicyclic) bond motifs is 2. The second-order valence-corrected chi connectivity index (χ2v) is 6.92. The number of pyridine rings is 1. The van der Waals surface area contributed by atoms with Crippen LogP contribution in [0, 0.1) is 5.82 Å². The summed E-state index contributed by atoms with van der Waals surface area (Å²) >= 11 is 0. The Bertz CT molecular complexity index is 843. The molecule has 0 aliphatic carbocycles. The van der Waals surface area contributed by atoms with Crippen molar-refractivity contribution >= 4 is 17.6 Å². The number of hydrogen-bond acceptors (Lipinski definition) is 4. The van der Waals surface area contributed by atoms with E-state index < -0.39 is 11.7 Å². The van der Waals surface area contributed by atoms with Crippen molar-refractivity contribution in [2.75, 3.05) is 38.5 Å². The Hall–Kier alpha value is -2.96. The molecule has 1 aliphatic heterocycles. The summed E-state index contributed by atoms with van der Waals surface area (Å²) in [5.74, 6) is -0.385. The fourth-order valence-electron chi connectivity index (χ4n) is 3.17. The second kappa shape index (κ2) is 9.30. The van der Waals surface area contributed by atoms with E-state index in [0.717, 1.165) is 17.9 Å². The second-order valence-electron chi connectivity index (χ2n) is 6.92. The number of nitrogens with one attached hydrogen (secondary N) is 1. The van der Waals surface area contributed by atoms with E-state index in [0.29, 0.717) is 32.5 Å². The average molecular weight is 384 g/mol. The lowest BCUT2D eigenvalue weighted by molar-refractivity contribution is -0.130. The molecule has 0 atom stereocenters. The number of nitrogens with zero attached hydrogens (tertiary/aromatic N) is 3. The number of carbonyl (C=O) groups excluding carboxylic acids is 2. The number of hydrogen-bond donors (Lipinski definition) is 1. The van der Waals surface area contributed by atoms with Crippen molar-refractivity contribution in [3.05, 3.63) is 59.5 Å². The summed E-state index contributed by atoms with van der Waals surface area (Å²) < 4.78 is 14.1. The van der Waals surface area contributed by atoms with Crippen LogP contribution in [-0.4, -0.2) is 59.8 Å². The van der Waals surface area contributed by atoms with E-state index in [4.69, 9.17) is 0 Å². The van der Waals surface area contributed by atoms with E-state index in [-0.39, 0.29) is 18.0 Å². The maximum atomic E-state index is 14.1. The van der Waals surface area contributed by atoms with Gasteiger partial charge >= 0.3 is 0 Å². The third-order valence-corrected chi connectivity index (χ3v) is 4.79. The zero-order valence-corrected chi connectivity index (χ0v) is 16.0. The first kappa shape index (κ1) is 19.8. The van der Waals surface area contributed by atoms with E-state index in [1.54, 1.807) is 24.1 Å². The van der Waals surface area contributed by atoms with Crippen LogP contribution in [0.3, 0.4) is 0 Å². The van der Waals surface area contributed by atoms with Gasteiger partial charge in [0.2, 0.25) is 5.91 Å². The van der Waals surface area contributed by atoms with Gasteiger partial charge in [0, 0.05) is 32.4 Å². The van der Waals surface area contributed by atoms with Crippen LogP contribution >= 0.6 is 0 Å². The highest BCUT2D eigenvalue weighted by molar-refractivity contribution is 5.96. The zero-order valence-electron chi connectivity index (χ0n) is 16.0. The Morgan fingerprint density at radius 1 is 1.11 bits per heavy atom. The van der Waals surface area contributed by atoms with Crippen LogP contribution in [0.4, 0.5) is 10.2 Å². The number of benzene rings is 1. The molecule has 1 aromatic carbocycles. The summed E-state index contributed by atoms with van der Waals surface area (Å²) in [6.45, 7) is 1.55. The summed E-state index contributed by atoms with van der Waals surface area (Å²) in [5, 5.41) is 3.27. The Morgan fingerprint density at radius 3 is 2.75 bits per heavy atom. The van der Waals surface area contributed by atoms with Gasteiger partial charge in [-0.05, 0) is 43.5 Å². The van der Waals surface area contributed by atoms with Crippen LogP contribution in [0.15, 0.2) is 42.5 Å². The Morgan fingerprint density at radius 2 is 1.93 bits per heavy atom. The lowest BCUT2D eigenvalue weighted by Crippen LogP contribution is -2.42. The summed E-state index contributed by atoms with van der Waals surface area (Å²) in [7, 11) is 1.72. The van der Waals surface area contributed by atoms with Crippen molar-refractivity contribution < 1.29 is 14.0 Å². The first-order valence-corrected chi connectivity index (χ1v) is 9.52. The molecule has 3 rings (SSSR count). The first-order valence-electron chi connectivity index (χ1n) is 9.52. The molecule has 28 heavy (non-hydrogen) atoms. The SMILES string of the molecule is CN1CCCNc2cccc(n2)CCCN(C(=O)c2ccccc2F)CC1=O. The molecule has 2 bridgehead atoms. The van der Waals surface area contributed by atoms with E-state index in [1.807, 2.05) is 18.2 Å². The van der Waals surface area contributed by atoms with Crippen LogP contribution in [-0.2, 0) is 11.2 Å². The monoisotopic (exact) mass is 384 g/mol. The molecule has 1 aliphatic rings. The van der Waals surface area contributed by atoms with Gasteiger partial charge < -0.3 is 15.1 Å².